The first-order chi connectivity index (χ1) is 14.5. The van der Waals surface area contributed by atoms with Crippen LogP contribution >= 0.6 is 0 Å². The Labute approximate surface area is 170 Å². The van der Waals surface area contributed by atoms with E-state index in [1.165, 1.54) is 15.8 Å². The number of aromatic nitrogens is 3. The van der Waals surface area contributed by atoms with Gasteiger partial charge in [-0.2, -0.15) is 0 Å². The standard InChI is InChI=1S/C23H19N3O4/c1-3-30-19-15(13-14-9-5-4-6-10-14)21(27)25-16-11-7-8-12-17(16)26-20(25)18(19)22(28)24(2)23(26)29/h4-12H,3,13H2,1-2H3. The Balaban J connectivity index is 2.07. The highest BCUT2D eigenvalue weighted by atomic mass is 16.5. The molecule has 7 nitrogen and oxygen atoms in total. The molecule has 0 aliphatic heterocycles. The van der Waals surface area contributed by atoms with Crippen LogP contribution in [0, 0.1) is 0 Å². The predicted octanol–water partition coefficient (Wildman–Crippen LogP) is 2.19. The van der Waals surface area contributed by atoms with E-state index < -0.39 is 11.2 Å². The van der Waals surface area contributed by atoms with Gasteiger partial charge in [0.1, 0.15) is 16.8 Å². The van der Waals surface area contributed by atoms with Crippen molar-refractivity contribution in [2.24, 2.45) is 7.05 Å². The summed E-state index contributed by atoms with van der Waals surface area (Å²) in [6.07, 6.45) is 0.315. The summed E-state index contributed by atoms with van der Waals surface area (Å²) in [6.45, 7) is 2.09. The van der Waals surface area contributed by atoms with Gasteiger partial charge in [0.05, 0.1) is 23.2 Å². The molecule has 3 aromatic heterocycles. The van der Waals surface area contributed by atoms with Crippen molar-refractivity contribution in [3.8, 4) is 5.75 Å². The summed E-state index contributed by atoms with van der Waals surface area (Å²) >= 11 is 0. The maximum atomic E-state index is 13.7. The van der Waals surface area contributed by atoms with Crippen LogP contribution in [0.5, 0.6) is 5.75 Å². The summed E-state index contributed by atoms with van der Waals surface area (Å²) < 4.78 is 9.82. The zero-order valence-electron chi connectivity index (χ0n) is 16.6. The molecule has 0 unspecified atom stereocenters. The molecule has 0 N–H and O–H groups in total. The summed E-state index contributed by atoms with van der Waals surface area (Å²) in [5.41, 5.74) is 1.46. The molecule has 7 heteroatoms. The van der Waals surface area contributed by atoms with Gasteiger partial charge in [0.15, 0.2) is 0 Å². The van der Waals surface area contributed by atoms with Gasteiger partial charge < -0.3 is 4.74 Å². The van der Waals surface area contributed by atoms with E-state index in [-0.39, 0.29) is 28.9 Å². The van der Waals surface area contributed by atoms with Crippen molar-refractivity contribution >= 4 is 22.1 Å². The predicted molar refractivity (Wildman–Crippen MR) is 115 cm³/mol. The number of ether oxygens (including phenoxy) is 1. The Kier molecular flexibility index (Phi) is 3.99. The number of imidazole rings is 1. The van der Waals surface area contributed by atoms with Crippen molar-refractivity contribution in [3.63, 3.8) is 0 Å². The van der Waals surface area contributed by atoms with Gasteiger partial charge in [-0.15, -0.1) is 0 Å². The van der Waals surface area contributed by atoms with Gasteiger partial charge in [-0.1, -0.05) is 42.5 Å². The number of rotatable bonds is 4. The zero-order chi connectivity index (χ0) is 21.0. The molecule has 5 aromatic rings. The molecule has 3 heterocycles. The minimum absolute atomic E-state index is 0.237. The van der Waals surface area contributed by atoms with Crippen LogP contribution in [0.2, 0.25) is 0 Å². The Morgan fingerprint density at radius 1 is 0.833 bits per heavy atom. The van der Waals surface area contributed by atoms with Crippen LogP contribution in [0.3, 0.4) is 0 Å². The van der Waals surface area contributed by atoms with E-state index in [1.54, 1.807) is 31.2 Å². The fourth-order valence-corrected chi connectivity index (χ4v) is 4.13. The second kappa shape index (κ2) is 6.59. The highest BCUT2D eigenvalue weighted by Crippen LogP contribution is 2.29. The highest BCUT2D eigenvalue weighted by molar-refractivity contribution is 5.92. The van der Waals surface area contributed by atoms with Crippen molar-refractivity contribution < 1.29 is 4.74 Å². The summed E-state index contributed by atoms with van der Waals surface area (Å²) in [5.74, 6) is 0.250. The topological polar surface area (TPSA) is 74.2 Å². The number of hydrogen-bond acceptors (Lipinski definition) is 4. The summed E-state index contributed by atoms with van der Waals surface area (Å²) in [7, 11) is 1.44. The van der Waals surface area contributed by atoms with Crippen LogP contribution in [0.4, 0.5) is 0 Å². The molecule has 150 valence electrons. The van der Waals surface area contributed by atoms with E-state index in [4.69, 9.17) is 4.74 Å². The molecule has 0 aliphatic rings. The summed E-state index contributed by atoms with van der Waals surface area (Å²) in [4.78, 5) is 39.8. The normalized spacial score (nSPS) is 11.7. The SMILES string of the molecule is CCOc1c(Cc2ccccc2)c(=O)n2c3ccccc3n3c(=O)n(C)c(=O)c1c23. The first-order valence-corrected chi connectivity index (χ1v) is 9.74. The first-order valence-electron chi connectivity index (χ1n) is 9.74. The lowest BCUT2D eigenvalue weighted by molar-refractivity contribution is 0.340. The van der Waals surface area contributed by atoms with Crippen LogP contribution in [0.1, 0.15) is 18.1 Å². The molecule has 0 radical (unpaired) electrons. The van der Waals surface area contributed by atoms with Crippen LogP contribution in [0.25, 0.3) is 22.1 Å². The Bertz CT molecular complexity index is 1590. The third-order valence-electron chi connectivity index (χ3n) is 5.48. The molecular weight excluding hydrogens is 382 g/mol. The summed E-state index contributed by atoms with van der Waals surface area (Å²) in [5, 5.41) is 0.237. The third kappa shape index (κ3) is 2.35. The van der Waals surface area contributed by atoms with Crippen LogP contribution in [-0.4, -0.2) is 20.0 Å². The molecule has 30 heavy (non-hydrogen) atoms. The Morgan fingerprint density at radius 2 is 1.47 bits per heavy atom. The molecule has 0 amide bonds. The number of pyridine rings is 1. The van der Waals surface area contributed by atoms with Crippen molar-refractivity contribution in [3.05, 3.63) is 96.9 Å². The number of fused-ring (bicyclic) bond motifs is 3. The van der Waals surface area contributed by atoms with E-state index in [0.29, 0.717) is 23.0 Å². The van der Waals surface area contributed by atoms with Crippen molar-refractivity contribution in [1.29, 1.82) is 0 Å². The van der Waals surface area contributed by atoms with Gasteiger partial charge in [-0.3, -0.25) is 18.6 Å². The van der Waals surface area contributed by atoms with Gasteiger partial charge in [-0.05, 0) is 24.6 Å². The molecule has 0 spiro atoms. The van der Waals surface area contributed by atoms with E-state index in [2.05, 4.69) is 0 Å². The lowest BCUT2D eigenvalue weighted by Gasteiger charge is -2.14. The molecule has 0 aliphatic carbocycles. The second-order valence-corrected chi connectivity index (χ2v) is 7.21. The van der Waals surface area contributed by atoms with Crippen molar-refractivity contribution in [2.75, 3.05) is 6.61 Å². The summed E-state index contributed by atoms with van der Waals surface area (Å²) in [6, 6.07) is 16.7. The van der Waals surface area contributed by atoms with E-state index in [0.717, 1.165) is 10.1 Å². The maximum Gasteiger partial charge on any atom is 0.337 e. The van der Waals surface area contributed by atoms with Crippen LogP contribution in [-0.2, 0) is 13.5 Å². The highest BCUT2D eigenvalue weighted by Gasteiger charge is 2.26. The Morgan fingerprint density at radius 3 is 2.13 bits per heavy atom. The molecule has 0 atom stereocenters. The number of benzene rings is 2. The van der Waals surface area contributed by atoms with Crippen molar-refractivity contribution in [2.45, 2.75) is 13.3 Å². The van der Waals surface area contributed by atoms with Gasteiger partial charge >= 0.3 is 5.69 Å². The second-order valence-electron chi connectivity index (χ2n) is 7.21. The fraction of sp³-hybridized carbons (Fsp3) is 0.174. The number of nitrogens with zero attached hydrogens (tertiary/aromatic N) is 3. The molecule has 0 saturated carbocycles. The molecule has 2 aromatic carbocycles. The molecular formula is C23H19N3O4. The largest absolute Gasteiger partial charge is 0.492 e. The van der Waals surface area contributed by atoms with E-state index in [9.17, 15) is 14.4 Å². The lowest BCUT2D eigenvalue weighted by Crippen LogP contribution is -2.37. The molecule has 0 bridgehead atoms. The average Bonchev–Trinajstić information content (AvgIpc) is 3.10. The molecule has 0 fully saturated rings. The minimum atomic E-state index is -0.496. The average molecular weight is 401 g/mol. The first kappa shape index (κ1) is 18.2. The van der Waals surface area contributed by atoms with Crippen LogP contribution in [0.15, 0.2) is 69.0 Å². The molecule has 0 saturated heterocycles. The van der Waals surface area contributed by atoms with Gasteiger partial charge in [-0.25, -0.2) is 9.20 Å². The maximum absolute atomic E-state index is 13.7. The molecule has 5 rings (SSSR count). The van der Waals surface area contributed by atoms with Gasteiger partial charge in [0, 0.05) is 13.5 Å². The van der Waals surface area contributed by atoms with Crippen LogP contribution < -0.4 is 21.5 Å². The van der Waals surface area contributed by atoms with Crippen molar-refractivity contribution in [1.82, 2.24) is 13.4 Å². The Hall–Kier alpha value is -3.87. The quantitative estimate of drug-likeness (QED) is 0.463. The number of hydrogen-bond donors (Lipinski definition) is 0. The zero-order valence-corrected chi connectivity index (χ0v) is 16.6. The third-order valence-corrected chi connectivity index (χ3v) is 5.48. The monoisotopic (exact) mass is 401 g/mol. The van der Waals surface area contributed by atoms with E-state index >= 15 is 0 Å². The van der Waals surface area contributed by atoms with Gasteiger partial charge in [0.2, 0.25) is 0 Å². The minimum Gasteiger partial charge on any atom is -0.492 e. The smallest absolute Gasteiger partial charge is 0.337 e. The number of para-hydroxylation sites is 2. The van der Waals surface area contributed by atoms with E-state index in [1.807, 2.05) is 30.3 Å². The lowest BCUT2D eigenvalue weighted by atomic mass is 10.0. The fourth-order valence-electron chi connectivity index (χ4n) is 4.13. The van der Waals surface area contributed by atoms with Gasteiger partial charge in [0.25, 0.3) is 11.1 Å².